The number of rotatable bonds is 8. The van der Waals surface area contributed by atoms with E-state index in [0.717, 1.165) is 50.3 Å². The Kier molecular flexibility index (Phi) is 7.80. The SMILES string of the molecule is Cc1cccc(Cn2cccc(C(=O)NCCCN3CCN(c4cccc(C)c4)CC3)c2=O)c1. The van der Waals surface area contributed by atoms with Crippen LogP contribution in [0.5, 0.6) is 0 Å². The first-order valence-electron chi connectivity index (χ1n) is 12.1. The molecular formula is C28H34N4O2. The van der Waals surface area contributed by atoms with Crippen LogP contribution in [-0.4, -0.2) is 54.6 Å². The summed E-state index contributed by atoms with van der Waals surface area (Å²) in [6, 6.07) is 20.1. The molecular weight excluding hydrogens is 424 g/mol. The van der Waals surface area contributed by atoms with Gasteiger partial charge in [-0.15, -0.1) is 0 Å². The van der Waals surface area contributed by atoms with E-state index in [9.17, 15) is 9.59 Å². The van der Waals surface area contributed by atoms with E-state index in [4.69, 9.17) is 0 Å². The summed E-state index contributed by atoms with van der Waals surface area (Å²) >= 11 is 0. The van der Waals surface area contributed by atoms with E-state index in [2.05, 4.69) is 52.4 Å². The molecule has 1 N–H and O–H groups in total. The first-order valence-corrected chi connectivity index (χ1v) is 12.1. The molecule has 1 fully saturated rings. The summed E-state index contributed by atoms with van der Waals surface area (Å²) in [6.45, 7) is 10.2. The van der Waals surface area contributed by atoms with Gasteiger partial charge in [-0.05, 0) is 62.2 Å². The molecule has 0 bridgehead atoms. The first-order chi connectivity index (χ1) is 16.5. The largest absolute Gasteiger partial charge is 0.369 e. The molecule has 0 radical (unpaired) electrons. The number of aryl methyl sites for hydroxylation is 2. The van der Waals surface area contributed by atoms with E-state index in [0.29, 0.717) is 13.1 Å². The van der Waals surface area contributed by atoms with Crippen LogP contribution in [0.2, 0.25) is 0 Å². The maximum absolute atomic E-state index is 12.8. The molecule has 34 heavy (non-hydrogen) atoms. The Bertz CT molecular complexity index is 1180. The second kappa shape index (κ2) is 11.2. The molecule has 1 aliphatic rings. The van der Waals surface area contributed by atoms with Crippen LogP contribution in [0.4, 0.5) is 5.69 Å². The lowest BCUT2D eigenvalue weighted by molar-refractivity contribution is 0.0949. The van der Waals surface area contributed by atoms with Crippen LogP contribution in [0.15, 0.2) is 71.7 Å². The number of carbonyl (C=O) groups is 1. The number of nitrogens with one attached hydrogen (secondary N) is 1. The number of hydrogen-bond donors (Lipinski definition) is 1. The summed E-state index contributed by atoms with van der Waals surface area (Å²) in [6.07, 6.45) is 2.60. The molecule has 3 aromatic rings. The van der Waals surface area contributed by atoms with E-state index in [-0.39, 0.29) is 17.0 Å². The van der Waals surface area contributed by atoms with Gasteiger partial charge in [-0.25, -0.2) is 0 Å². The Morgan fingerprint density at radius 2 is 1.65 bits per heavy atom. The Morgan fingerprint density at radius 3 is 2.38 bits per heavy atom. The number of piperazine rings is 1. The molecule has 1 aromatic heterocycles. The average Bonchev–Trinajstić information content (AvgIpc) is 2.83. The Balaban J connectivity index is 1.23. The number of hydrogen-bond acceptors (Lipinski definition) is 4. The van der Waals surface area contributed by atoms with Gasteiger partial charge in [0.1, 0.15) is 5.56 Å². The maximum atomic E-state index is 12.8. The minimum absolute atomic E-state index is 0.196. The zero-order valence-electron chi connectivity index (χ0n) is 20.2. The van der Waals surface area contributed by atoms with Crippen molar-refractivity contribution in [3.8, 4) is 0 Å². The Labute approximate surface area is 201 Å². The second-order valence-corrected chi connectivity index (χ2v) is 9.12. The standard InChI is InChI=1S/C28H34N4O2/c1-22-7-3-9-24(19-22)21-32-14-5-11-26(28(32)34)27(33)29-12-6-13-30-15-17-31(18-16-30)25-10-4-8-23(2)20-25/h3-5,7-11,14,19-20H,6,12-13,15-18,21H2,1-2H3,(H,29,33). The zero-order valence-corrected chi connectivity index (χ0v) is 20.2. The van der Waals surface area contributed by atoms with Crippen LogP contribution >= 0.6 is 0 Å². The molecule has 1 saturated heterocycles. The molecule has 2 heterocycles. The number of anilines is 1. The van der Waals surface area contributed by atoms with Gasteiger partial charge in [0.15, 0.2) is 0 Å². The lowest BCUT2D eigenvalue weighted by atomic mass is 10.1. The van der Waals surface area contributed by atoms with Crippen LogP contribution in [0.1, 0.15) is 33.5 Å². The Morgan fingerprint density at radius 1 is 0.912 bits per heavy atom. The van der Waals surface area contributed by atoms with Gasteiger partial charge in [0.05, 0.1) is 6.54 Å². The van der Waals surface area contributed by atoms with Crippen LogP contribution in [-0.2, 0) is 6.54 Å². The van der Waals surface area contributed by atoms with Crippen LogP contribution in [0.3, 0.4) is 0 Å². The first kappa shape index (κ1) is 23.8. The lowest BCUT2D eigenvalue weighted by Crippen LogP contribution is -2.47. The predicted octanol–water partition coefficient (Wildman–Crippen LogP) is 3.46. The van der Waals surface area contributed by atoms with Gasteiger partial charge in [0.2, 0.25) is 0 Å². The highest BCUT2D eigenvalue weighted by Gasteiger charge is 2.17. The second-order valence-electron chi connectivity index (χ2n) is 9.12. The van der Waals surface area contributed by atoms with Gasteiger partial charge >= 0.3 is 0 Å². The molecule has 6 heteroatoms. The summed E-state index contributed by atoms with van der Waals surface area (Å²) in [5, 5.41) is 2.93. The van der Waals surface area contributed by atoms with Crippen molar-refractivity contribution in [2.45, 2.75) is 26.8 Å². The highest BCUT2D eigenvalue weighted by atomic mass is 16.2. The predicted molar refractivity (Wildman–Crippen MR) is 138 cm³/mol. The number of nitrogens with zero attached hydrogens (tertiary/aromatic N) is 3. The fraction of sp³-hybridized carbons (Fsp3) is 0.357. The van der Waals surface area contributed by atoms with Crippen LogP contribution in [0.25, 0.3) is 0 Å². The third kappa shape index (κ3) is 6.14. The lowest BCUT2D eigenvalue weighted by Gasteiger charge is -2.36. The van der Waals surface area contributed by atoms with Gasteiger partial charge in [0.25, 0.3) is 11.5 Å². The molecule has 0 saturated carbocycles. The molecule has 0 atom stereocenters. The van der Waals surface area contributed by atoms with Crippen molar-refractivity contribution in [3.05, 3.63) is 99.5 Å². The van der Waals surface area contributed by atoms with Crippen molar-refractivity contribution in [3.63, 3.8) is 0 Å². The van der Waals surface area contributed by atoms with Gasteiger partial charge in [-0.2, -0.15) is 0 Å². The number of amides is 1. The van der Waals surface area contributed by atoms with Crippen molar-refractivity contribution in [2.75, 3.05) is 44.2 Å². The monoisotopic (exact) mass is 458 g/mol. The van der Waals surface area contributed by atoms with Crippen molar-refractivity contribution >= 4 is 11.6 Å². The van der Waals surface area contributed by atoms with E-state index in [1.807, 2.05) is 25.1 Å². The van der Waals surface area contributed by atoms with Gasteiger partial charge in [-0.1, -0.05) is 42.0 Å². The molecule has 2 aromatic carbocycles. The molecule has 6 nitrogen and oxygen atoms in total. The minimum Gasteiger partial charge on any atom is -0.369 e. The summed E-state index contributed by atoms with van der Waals surface area (Å²) in [7, 11) is 0. The van der Waals surface area contributed by atoms with Gasteiger partial charge in [-0.3, -0.25) is 14.5 Å². The van der Waals surface area contributed by atoms with Crippen molar-refractivity contribution in [1.82, 2.24) is 14.8 Å². The van der Waals surface area contributed by atoms with Crippen molar-refractivity contribution < 1.29 is 4.79 Å². The fourth-order valence-electron chi connectivity index (χ4n) is 4.50. The Hall–Kier alpha value is -3.38. The van der Waals surface area contributed by atoms with Crippen LogP contribution < -0.4 is 15.8 Å². The van der Waals surface area contributed by atoms with E-state index in [1.54, 1.807) is 22.9 Å². The molecule has 0 aliphatic carbocycles. The molecule has 178 valence electrons. The average molecular weight is 459 g/mol. The molecule has 1 amide bonds. The molecule has 0 unspecified atom stereocenters. The van der Waals surface area contributed by atoms with Gasteiger partial charge < -0.3 is 14.8 Å². The van der Waals surface area contributed by atoms with Crippen molar-refractivity contribution in [1.29, 1.82) is 0 Å². The summed E-state index contributed by atoms with van der Waals surface area (Å²) < 4.78 is 1.59. The normalized spacial score (nSPS) is 14.2. The highest BCUT2D eigenvalue weighted by Crippen LogP contribution is 2.17. The minimum atomic E-state index is -0.298. The summed E-state index contributed by atoms with van der Waals surface area (Å²) in [5.74, 6) is -0.298. The third-order valence-corrected chi connectivity index (χ3v) is 6.38. The fourth-order valence-corrected chi connectivity index (χ4v) is 4.50. The number of pyridine rings is 1. The number of carbonyl (C=O) groups excluding carboxylic acids is 1. The smallest absolute Gasteiger partial charge is 0.263 e. The van der Waals surface area contributed by atoms with Crippen molar-refractivity contribution in [2.24, 2.45) is 0 Å². The zero-order chi connectivity index (χ0) is 23.9. The summed E-state index contributed by atoms with van der Waals surface area (Å²) in [4.78, 5) is 30.4. The number of benzene rings is 2. The third-order valence-electron chi connectivity index (χ3n) is 6.38. The highest BCUT2D eigenvalue weighted by molar-refractivity contribution is 5.93. The van der Waals surface area contributed by atoms with E-state index < -0.39 is 0 Å². The molecule has 1 aliphatic heterocycles. The van der Waals surface area contributed by atoms with E-state index in [1.165, 1.54) is 11.3 Å². The molecule has 4 rings (SSSR count). The summed E-state index contributed by atoms with van der Waals surface area (Å²) in [5.41, 5.74) is 4.72. The topological polar surface area (TPSA) is 57.6 Å². The quantitative estimate of drug-likeness (QED) is 0.526. The number of aromatic nitrogens is 1. The molecule has 0 spiro atoms. The van der Waals surface area contributed by atoms with E-state index >= 15 is 0 Å². The van der Waals surface area contributed by atoms with Gasteiger partial charge in [0, 0.05) is 44.6 Å². The maximum Gasteiger partial charge on any atom is 0.263 e. The van der Waals surface area contributed by atoms with Crippen LogP contribution in [0, 0.1) is 13.8 Å².